The molecule has 0 fully saturated rings. The Morgan fingerprint density at radius 3 is 2.62 bits per heavy atom. The Morgan fingerprint density at radius 1 is 1.08 bits per heavy atom. The Hall–Kier alpha value is -1.82. The van der Waals surface area contributed by atoms with Crippen molar-refractivity contribution in [3.63, 3.8) is 0 Å². The molecular formula is C20H19IN2O. The lowest BCUT2D eigenvalue weighted by molar-refractivity contribution is -0.115. The summed E-state index contributed by atoms with van der Waals surface area (Å²) in [5.74, 6) is 0.0401. The summed E-state index contributed by atoms with van der Waals surface area (Å²) < 4.78 is 1.16. The molecule has 0 spiro atoms. The highest BCUT2D eigenvalue weighted by atomic mass is 127. The fourth-order valence-electron chi connectivity index (χ4n) is 3.31. The first kappa shape index (κ1) is 15.7. The van der Waals surface area contributed by atoms with Crippen LogP contribution < -0.4 is 5.32 Å². The second-order valence-corrected chi connectivity index (χ2v) is 8.65. The molecule has 1 aliphatic heterocycles. The number of hydrogen-bond acceptors (Lipinski definition) is 1. The molecule has 0 atom stereocenters. The van der Waals surface area contributed by atoms with Gasteiger partial charge in [-0.15, -0.1) is 0 Å². The fraction of sp³-hybridized carbons (Fsp3) is 0.250. The molecule has 3 nitrogen and oxygen atoms in total. The maximum Gasteiger partial charge on any atom is 0.228 e. The van der Waals surface area contributed by atoms with Gasteiger partial charge in [0, 0.05) is 20.0 Å². The lowest BCUT2D eigenvalue weighted by atomic mass is 9.86. The smallest absolute Gasteiger partial charge is 0.228 e. The molecule has 3 aromatic rings. The average Bonchev–Trinajstić information content (AvgIpc) is 2.79. The zero-order valence-corrected chi connectivity index (χ0v) is 16.1. The zero-order valence-electron chi connectivity index (χ0n) is 14.0. The van der Waals surface area contributed by atoms with Crippen molar-refractivity contribution >= 4 is 45.1 Å². The van der Waals surface area contributed by atoms with Gasteiger partial charge in [0.2, 0.25) is 5.91 Å². The number of benzene rings is 2. The van der Waals surface area contributed by atoms with E-state index in [1.807, 2.05) is 12.1 Å². The molecule has 2 N–H and O–H groups in total. The van der Waals surface area contributed by atoms with Crippen LogP contribution in [-0.2, 0) is 16.6 Å². The summed E-state index contributed by atoms with van der Waals surface area (Å²) >= 11 is 2.31. The van der Waals surface area contributed by atoms with Crippen molar-refractivity contribution in [1.29, 1.82) is 0 Å². The van der Waals surface area contributed by atoms with Gasteiger partial charge in [-0.2, -0.15) is 0 Å². The van der Waals surface area contributed by atoms with Crippen LogP contribution in [0.2, 0.25) is 0 Å². The Kier molecular flexibility index (Phi) is 3.49. The summed E-state index contributed by atoms with van der Waals surface area (Å²) in [7, 11) is 0. The van der Waals surface area contributed by atoms with Crippen LogP contribution in [0.3, 0.4) is 0 Å². The normalized spacial score (nSPS) is 14.1. The molecule has 1 aromatic heterocycles. The predicted molar refractivity (Wildman–Crippen MR) is 107 cm³/mol. The molecule has 24 heavy (non-hydrogen) atoms. The molecule has 0 aliphatic carbocycles. The Bertz CT molecular complexity index is 979. The van der Waals surface area contributed by atoms with E-state index in [0.717, 1.165) is 37.0 Å². The molecule has 0 bridgehead atoms. The molecule has 2 heterocycles. The molecule has 0 saturated heterocycles. The van der Waals surface area contributed by atoms with Gasteiger partial charge in [-0.25, -0.2) is 0 Å². The van der Waals surface area contributed by atoms with E-state index < -0.39 is 0 Å². The highest BCUT2D eigenvalue weighted by molar-refractivity contribution is 14.1. The lowest BCUT2D eigenvalue weighted by Crippen LogP contribution is -2.13. The number of aromatic amines is 1. The van der Waals surface area contributed by atoms with Crippen molar-refractivity contribution in [2.45, 2.75) is 32.6 Å². The molecule has 0 saturated carbocycles. The summed E-state index contributed by atoms with van der Waals surface area (Å²) in [4.78, 5) is 15.9. The molecule has 0 unspecified atom stereocenters. The predicted octanol–water partition coefficient (Wildman–Crippen LogP) is 5.23. The Labute approximate surface area is 155 Å². The molecule has 0 radical (unpaired) electrons. The number of hydrogen-bond donors (Lipinski definition) is 2. The second-order valence-electron chi connectivity index (χ2n) is 7.40. The first-order valence-corrected chi connectivity index (χ1v) is 9.16. The largest absolute Gasteiger partial charge is 0.354 e. The number of carbonyl (C=O) groups is 1. The summed E-state index contributed by atoms with van der Waals surface area (Å²) in [5, 5.41) is 4.18. The summed E-state index contributed by atoms with van der Waals surface area (Å²) in [6.45, 7) is 6.64. The highest BCUT2D eigenvalue weighted by Crippen LogP contribution is 2.39. The molecular weight excluding hydrogens is 411 g/mol. The summed E-state index contributed by atoms with van der Waals surface area (Å²) in [6.07, 6.45) is 0.397. The van der Waals surface area contributed by atoms with E-state index in [9.17, 15) is 4.79 Å². The lowest BCUT2D eigenvalue weighted by Gasteiger charge is -2.19. The van der Waals surface area contributed by atoms with Crippen molar-refractivity contribution in [2.24, 2.45) is 0 Å². The molecule has 4 rings (SSSR count). The van der Waals surface area contributed by atoms with Crippen LogP contribution in [-0.4, -0.2) is 10.9 Å². The number of rotatable bonds is 0. The first-order valence-electron chi connectivity index (χ1n) is 8.08. The van der Waals surface area contributed by atoms with Gasteiger partial charge >= 0.3 is 0 Å². The molecule has 1 aliphatic rings. The summed E-state index contributed by atoms with van der Waals surface area (Å²) in [5.41, 5.74) is 6.55. The topological polar surface area (TPSA) is 44.9 Å². The quantitative estimate of drug-likeness (QED) is 0.472. The Morgan fingerprint density at radius 2 is 1.88 bits per heavy atom. The van der Waals surface area contributed by atoms with Crippen LogP contribution in [0.15, 0.2) is 36.4 Å². The van der Waals surface area contributed by atoms with Crippen molar-refractivity contribution in [3.05, 3.63) is 51.1 Å². The van der Waals surface area contributed by atoms with Crippen LogP contribution in [0.5, 0.6) is 0 Å². The minimum absolute atomic E-state index is 0.0401. The van der Waals surface area contributed by atoms with Gasteiger partial charge in [-0.1, -0.05) is 26.8 Å². The minimum Gasteiger partial charge on any atom is -0.354 e. The van der Waals surface area contributed by atoms with E-state index in [2.05, 4.69) is 77.9 Å². The number of amides is 1. The fourth-order valence-corrected chi connectivity index (χ4v) is 3.81. The van der Waals surface area contributed by atoms with E-state index in [4.69, 9.17) is 0 Å². The zero-order chi connectivity index (χ0) is 17.1. The highest BCUT2D eigenvalue weighted by Gasteiger charge is 2.24. The number of carbonyl (C=O) groups excluding carboxylic acids is 1. The summed E-state index contributed by atoms with van der Waals surface area (Å²) in [6, 6.07) is 12.7. The van der Waals surface area contributed by atoms with Crippen molar-refractivity contribution in [2.75, 3.05) is 5.32 Å². The molecule has 4 heteroatoms. The van der Waals surface area contributed by atoms with Gasteiger partial charge in [0.15, 0.2) is 0 Å². The van der Waals surface area contributed by atoms with E-state index in [1.54, 1.807) is 0 Å². The van der Waals surface area contributed by atoms with Crippen LogP contribution in [0.25, 0.3) is 22.2 Å². The van der Waals surface area contributed by atoms with Gasteiger partial charge in [0.25, 0.3) is 0 Å². The monoisotopic (exact) mass is 430 g/mol. The van der Waals surface area contributed by atoms with Crippen molar-refractivity contribution in [1.82, 2.24) is 4.98 Å². The van der Waals surface area contributed by atoms with Crippen LogP contribution in [0.1, 0.15) is 31.9 Å². The first-order chi connectivity index (χ1) is 11.3. The second kappa shape index (κ2) is 5.34. The molecule has 122 valence electrons. The van der Waals surface area contributed by atoms with Gasteiger partial charge in [-0.3, -0.25) is 4.79 Å². The third-order valence-electron chi connectivity index (χ3n) is 4.63. The van der Waals surface area contributed by atoms with E-state index in [-0.39, 0.29) is 11.3 Å². The van der Waals surface area contributed by atoms with Gasteiger partial charge in [0.05, 0.1) is 17.8 Å². The maximum absolute atomic E-state index is 12.4. The van der Waals surface area contributed by atoms with Gasteiger partial charge in [0.1, 0.15) is 0 Å². The number of aromatic nitrogens is 1. The average molecular weight is 430 g/mol. The molecule has 1 amide bonds. The van der Waals surface area contributed by atoms with Crippen LogP contribution in [0.4, 0.5) is 5.69 Å². The van der Waals surface area contributed by atoms with Crippen molar-refractivity contribution in [3.8, 4) is 11.3 Å². The van der Waals surface area contributed by atoms with E-state index in [0.29, 0.717) is 6.42 Å². The van der Waals surface area contributed by atoms with Gasteiger partial charge in [-0.05, 0) is 69.5 Å². The minimum atomic E-state index is 0.0401. The number of H-pyrrole nitrogens is 1. The maximum atomic E-state index is 12.4. The molecule has 2 aromatic carbocycles. The van der Waals surface area contributed by atoms with E-state index in [1.165, 1.54) is 5.56 Å². The standard InChI is InChI=1S/C20H19IN2O/c1-20(2,3)11-4-6-16-13(8-11)14-10-18(24)22-17-7-5-12(21)9-15(17)19(14)23-16/h4-9,23H,10H2,1-3H3,(H,22,24). The number of nitrogens with one attached hydrogen (secondary N) is 2. The van der Waals surface area contributed by atoms with Gasteiger partial charge < -0.3 is 10.3 Å². The van der Waals surface area contributed by atoms with Crippen LogP contribution >= 0.6 is 22.6 Å². The van der Waals surface area contributed by atoms with Crippen molar-refractivity contribution < 1.29 is 4.79 Å². The number of fused-ring (bicyclic) bond motifs is 5. The number of anilines is 1. The third-order valence-corrected chi connectivity index (χ3v) is 5.31. The van der Waals surface area contributed by atoms with Crippen LogP contribution in [0, 0.1) is 3.57 Å². The van der Waals surface area contributed by atoms with E-state index >= 15 is 0 Å². The number of halogens is 1. The Balaban J connectivity index is 2.03. The SMILES string of the molecule is CC(C)(C)c1ccc2[nH]c3c(c2c1)CC(=O)Nc1ccc(I)cc1-3. The third kappa shape index (κ3) is 2.53.